The average molecular weight is 292 g/mol. The summed E-state index contributed by atoms with van der Waals surface area (Å²) >= 11 is 5.78. The summed E-state index contributed by atoms with van der Waals surface area (Å²) in [6.07, 6.45) is 2.93. The van der Waals surface area contributed by atoms with Crippen LogP contribution in [0.15, 0.2) is 35.5 Å². The van der Waals surface area contributed by atoms with Crippen molar-refractivity contribution < 1.29 is 10.0 Å². The zero-order valence-electron chi connectivity index (χ0n) is 10.4. The van der Waals surface area contributed by atoms with Crippen molar-refractivity contribution in [2.75, 3.05) is 0 Å². The first-order chi connectivity index (χ1) is 9.47. The quantitative estimate of drug-likeness (QED) is 0.533. The van der Waals surface area contributed by atoms with Gasteiger partial charge in [-0.3, -0.25) is 10.1 Å². The lowest BCUT2D eigenvalue weighted by Gasteiger charge is -2.01. The van der Waals surface area contributed by atoms with Gasteiger partial charge in [-0.1, -0.05) is 17.7 Å². The minimum atomic E-state index is -0.706. The molecule has 2 aromatic rings. The highest BCUT2D eigenvalue weighted by atomic mass is 35.5. The fourth-order valence-corrected chi connectivity index (χ4v) is 1.74. The molecule has 20 heavy (non-hydrogen) atoms. The van der Waals surface area contributed by atoms with Gasteiger partial charge in [-0.25, -0.2) is 9.98 Å². The topological polar surface area (TPSA) is 88.6 Å². The zero-order chi connectivity index (χ0) is 14.7. The monoisotopic (exact) mass is 291 g/mol. The van der Waals surface area contributed by atoms with Crippen LogP contribution in [0, 0.1) is 17.0 Å². The van der Waals surface area contributed by atoms with Crippen LogP contribution in [0.5, 0.6) is 5.75 Å². The van der Waals surface area contributed by atoms with Crippen LogP contribution in [-0.2, 0) is 0 Å². The highest BCUT2D eigenvalue weighted by Crippen LogP contribution is 2.32. The van der Waals surface area contributed by atoms with Crippen LogP contribution in [0.1, 0.15) is 11.1 Å². The minimum absolute atomic E-state index is 0.146. The molecule has 0 bridgehead atoms. The number of nitrogens with zero attached hydrogens (tertiary/aromatic N) is 3. The molecule has 0 saturated heterocycles. The number of halogens is 1. The lowest BCUT2D eigenvalue weighted by atomic mass is 10.2. The molecule has 7 heteroatoms. The fraction of sp³-hybridized carbons (Fsp3) is 0.0769. The molecule has 0 radical (unpaired) electrons. The Morgan fingerprint density at radius 3 is 2.80 bits per heavy atom. The third-order valence-electron chi connectivity index (χ3n) is 2.51. The molecule has 0 unspecified atom stereocenters. The van der Waals surface area contributed by atoms with Crippen LogP contribution < -0.4 is 0 Å². The van der Waals surface area contributed by atoms with Crippen molar-refractivity contribution in [3.05, 3.63) is 56.7 Å². The number of aromatic hydroxyl groups is 1. The molecule has 0 aliphatic heterocycles. The normalized spacial score (nSPS) is 10.9. The van der Waals surface area contributed by atoms with E-state index < -0.39 is 16.4 Å². The molecule has 1 aromatic carbocycles. The van der Waals surface area contributed by atoms with Crippen molar-refractivity contribution in [1.82, 2.24) is 4.98 Å². The molecule has 1 aromatic heterocycles. The number of nitro benzene ring substituents is 1. The van der Waals surface area contributed by atoms with Gasteiger partial charge in [0.25, 0.3) is 0 Å². The van der Waals surface area contributed by atoms with Gasteiger partial charge in [0.15, 0.2) is 5.82 Å². The van der Waals surface area contributed by atoms with Crippen LogP contribution in [-0.4, -0.2) is 21.2 Å². The van der Waals surface area contributed by atoms with Crippen LogP contribution in [0.25, 0.3) is 0 Å². The number of benzene rings is 1. The second kappa shape index (κ2) is 5.66. The maximum Gasteiger partial charge on any atom is 0.312 e. The molecule has 0 amide bonds. The summed E-state index contributed by atoms with van der Waals surface area (Å²) in [5.74, 6) is -0.0482. The van der Waals surface area contributed by atoms with Crippen LogP contribution >= 0.6 is 11.6 Å². The third kappa shape index (κ3) is 3.10. The summed E-state index contributed by atoms with van der Waals surface area (Å²) in [4.78, 5) is 18.2. The molecule has 2 rings (SSSR count). The molecule has 0 spiro atoms. The summed E-state index contributed by atoms with van der Waals surface area (Å²) in [5, 5.41) is 20.7. The molecule has 1 heterocycles. The first kappa shape index (κ1) is 14.0. The predicted octanol–water partition coefficient (Wildman–Crippen LogP) is 3.41. The molecule has 0 aliphatic rings. The van der Waals surface area contributed by atoms with Crippen molar-refractivity contribution in [3.63, 3.8) is 0 Å². The van der Waals surface area contributed by atoms with Crippen molar-refractivity contribution in [2.24, 2.45) is 4.99 Å². The summed E-state index contributed by atoms with van der Waals surface area (Å²) in [7, 11) is 0. The first-order valence-corrected chi connectivity index (χ1v) is 5.99. The number of hydrogen-bond donors (Lipinski definition) is 1. The highest BCUT2D eigenvalue weighted by molar-refractivity contribution is 6.31. The van der Waals surface area contributed by atoms with E-state index in [1.807, 2.05) is 13.0 Å². The Morgan fingerprint density at radius 1 is 1.45 bits per heavy atom. The minimum Gasteiger partial charge on any atom is -0.502 e. The van der Waals surface area contributed by atoms with Crippen LogP contribution in [0.2, 0.25) is 5.02 Å². The number of phenols is 1. The Kier molecular flexibility index (Phi) is 3.95. The van der Waals surface area contributed by atoms with Gasteiger partial charge >= 0.3 is 5.69 Å². The number of hydrogen-bond acceptors (Lipinski definition) is 5. The van der Waals surface area contributed by atoms with Gasteiger partial charge in [0.05, 0.1) is 4.92 Å². The Labute approximate surface area is 119 Å². The van der Waals surface area contributed by atoms with Gasteiger partial charge in [-0.05, 0) is 24.6 Å². The average Bonchev–Trinajstić information content (AvgIpc) is 2.41. The second-order valence-electron chi connectivity index (χ2n) is 4.07. The van der Waals surface area contributed by atoms with E-state index in [0.29, 0.717) is 5.82 Å². The number of phenolic OH excluding ortho intramolecular Hbond substituents is 1. The lowest BCUT2D eigenvalue weighted by Crippen LogP contribution is -1.92. The van der Waals surface area contributed by atoms with Gasteiger partial charge in [0, 0.05) is 29.1 Å². The summed E-state index contributed by atoms with van der Waals surface area (Å²) in [6.45, 7) is 1.90. The highest BCUT2D eigenvalue weighted by Gasteiger charge is 2.17. The third-order valence-corrected chi connectivity index (χ3v) is 2.73. The van der Waals surface area contributed by atoms with E-state index in [9.17, 15) is 15.2 Å². The Morgan fingerprint density at radius 2 is 2.20 bits per heavy atom. The number of rotatable bonds is 3. The van der Waals surface area contributed by atoms with Crippen molar-refractivity contribution in [3.8, 4) is 5.75 Å². The number of nitro groups is 1. The van der Waals surface area contributed by atoms with E-state index in [4.69, 9.17) is 11.6 Å². The predicted molar refractivity (Wildman–Crippen MR) is 76.0 cm³/mol. The summed E-state index contributed by atoms with van der Waals surface area (Å²) in [5.41, 5.74) is 0.688. The first-order valence-electron chi connectivity index (χ1n) is 5.61. The Bertz CT molecular complexity index is 684. The van der Waals surface area contributed by atoms with Gasteiger partial charge in [0.1, 0.15) is 0 Å². The molecular weight excluding hydrogens is 282 g/mol. The lowest BCUT2D eigenvalue weighted by molar-refractivity contribution is -0.385. The van der Waals surface area contributed by atoms with Gasteiger partial charge < -0.3 is 5.11 Å². The smallest absolute Gasteiger partial charge is 0.312 e. The standard InChI is InChI=1S/C13H10ClN3O3/c1-8-2-3-12(15-6-8)16-7-9-4-10(14)5-11(13(9)18)17(19)20/h2-7,18H,1H3. The molecule has 0 aliphatic carbocycles. The second-order valence-corrected chi connectivity index (χ2v) is 4.51. The van der Waals surface area contributed by atoms with Gasteiger partial charge in [0.2, 0.25) is 5.75 Å². The van der Waals surface area contributed by atoms with E-state index in [2.05, 4.69) is 9.98 Å². The molecule has 6 nitrogen and oxygen atoms in total. The van der Waals surface area contributed by atoms with E-state index in [1.165, 1.54) is 12.3 Å². The van der Waals surface area contributed by atoms with E-state index in [1.54, 1.807) is 12.3 Å². The van der Waals surface area contributed by atoms with Gasteiger partial charge in [-0.2, -0.15) is 0 Å². The fourth-order valence-electron chi connectivity index (χ4n) is 1.52. The molecule has 0 atom stereocenters. The number of aromatic nitrogens is 1. The SMILES string of the molecule is Cc1ccc(N=Cc2cc(Cl)cc([N+](=O)[O-])c2O)nc1. The van der Waals surface area contributed by atoms with E-state index >= 15 is 0 Å². The Hall–Kier alpha value is -2.47. The van der Waals surface area contributed by atoms with Crippen molar-refractivity contribution in [1.29, 1.82) is 0 Å². The van der Waals surface area contributed by atoms with Crippen LogP contribution in [0.3, 0.4) is 0 Å². The van der Waals surface area contributed by atoms with Crippen LogP contribution in [0.4, 0.5) is 11.5 Å². The molecular formula is C13H10ClN3O3. The largest absolute Gasteiger partial charge is 0.502 e. The Balaban J connectivity index is 2.38. The maximum atomic E-state index is 10.8. The van der Waals surface area contributed by atoms with Gasteiger partial charge in [-0.15, -0.1) is 0 Å². The molecule has 0 saturated carbocycles. The molecule has 102 valence electrons. The summed E-state index contributed by atoms with van der Waals surface area (Å²) < 4.78 is 0. The number of aryl methyl sites for hydroxylation is 1. The van der Waals surface area contributed by atoms with E-state index in [0.717, 1.165) is 11.6 Å². The van der Waals surface area contributed by atoms with Crippen molar-refractivity contribution in [2.45, 2.75) is 6.92 Å². The van der Waals surface area contributed by atoms with E-state index in [-0.39, 0.29) is 10.6 Å². The molecule has 1 N–H and O–H groups in total. The maximum absolute atomic E-state index is 10.8. The zero-order valence-corrected chi connectivity index (χ0v) is 11.2. The number of aliphatic imine (C=N–C) groups is 1. The summed E-state index contributed by atoms with van der Waals surface area (Å²) in [6, 6.07) is 6.00. The van der Waals surface area contributed by atoms with Crippen molar-refractivity contribution >= 4 is 29.3 Å². The number of pyridine rings is 1. The molecule has 0 fully saturated rings.